The van der Waals surface area contributed by atoms with E-state index < -0.39 is 18.5 Å². The summed E-state index contributed by atoms with van der Waals surface area (Å²) in [5, 5.41) is 8.06. The molecule has 0 atom stereocenters. The molecular formula is C6H9NO4. The van der Waals surface area contributed by atoms with Gasteiger partial charge in [-0.05, 0) is 0 Å². The number of carbonyl (C=O) groups excluding carboxylic acids is 1. The van der Waals surface area contributed by atoms with E-state index >= 15 is 0 Å². The van der Waals surface area contributed by atoms with Crippen LogP contribution in [0.1, 0.15) is 6.42 Å². The second-order valence-corrected chi connectivity index (χ2v) is 1.70. The summed E-state index contributed by atoms with van der Waals surface area (Å²) in [5.74, 6) is -1.55. The second kappa shape index (κ2) is 5.43. The Hall–Kier alpha value is -1.36. The molecule has 5 nitrogen and oxygen atoms in total. The molecule has 0 heterocycles. The second-order valence-electron chi connectivity index (χ2n) is 1.70. The van der Waals surface area contributed by atoms with Crippen molar-refractivity contribution in [2.75, 3.05) is 6.61 Å². The maximum absolute atomic E-state index is 10.5. The molecule has 0 aromatic rings. The van der Waals surface area contributed by atoms with Gasteiger partial charge in [0.2, 0.25) is 5.91 Å². The van der Waals surface area contributed by atoms with Gasteiger partial charge in [0.25, 0.3) is 0 Å². The topological polar surface area (TPSA) is 75.6 Å². The number of rotatable bonds is 5. The van der Waals surface area contributed by atoms with Crippen molar-refractivity contribution < 1.29 is 19.5 Å². The first-order valence-corrected chi connectivity index (χ1v) is 2.90. The number of hydrogen-bond acceptors (Lipinski definition) is 3. The number of hydrogen-bond donors (Lipinski definition) is 2. The fourth-order valence-electron chi connectivity index (χ4n) is 0.351. The molecule has 0 aromatic heterocycles. The number of carboxylic acid groups (broad SMARTS) is 1. The molecule has 5 heteroatoms. The van der Waals surface area contributed by atoms with Gasteiger partial charge in [-0.3, -0.25) is 9.63 Å². The zero-order chi connectivity index (χ0) is 8.69. The average Bonchev–Trinajstić information content (AvgIpc) is 1.87. The van der Waals surface area contributed by atoms with E-state index in [9.17, 15) is 9.59 Å². The summed E-state index contributed by atoms with van der Waals surface area (Å²) in [6.07, 6.45) is 1.50. The van der Waals surface area contributed by atoms with E-state index in [4.69, 9.17) is 5.11 Å². The van der Waals surface area contributed by atoms with E-state index in [-0.39, 0.29) is 6.42 Å². The van der Waals surface area contributed by atoms with Crippen molar-refractivity contribution in [2.45, 2.75) is 6.42 Å². The van der Waals surface area contributed by atoms with Gasteiger partial charge >= 0.3 is 5.97 Å². The lowest BCUT2D eigenvalue weighted by molar-refractivity contribution is -0.149. The molecule has 2 N–H and O–H groups in total. The monoisotopic (exact) mass is 159 g/mol. The summed E-state index contributed by atoms with van der Waals surface area (Å²) >= 11 is 0. The van der Waals surface area contributed by atoms with Crippen LogP contribution in [0.5, 0.6) is 0 Å². The summed E-state index contributed by atoms with van der Waals surface area (Å²) in [6.45, 7) is 2.77. The first kappa shape index (κ1) is 9.64. The third-order valence-electron chi connectivity index (χ3n) is 0.711. The molecule has 0 bridgehead atoms. The van der Waals surface area contributed by atoms with Crippen molar-refractivity contribution in [1.29, 1.82) is 0 Å². The summed E-state index contributed by atoms with van der Waals surface area (Å²) in [5.41, 5.74) is 1.92. The molecule has 0 saturated carbocycles. The molecule has 0 aliphatic rings. The third-order valence-corrected chi connectivity index (χ3v) is 0.711. The van der Waals surface area contributed by atoms with E-state index in [1.807, 2.05) is 5.48 Å². The van der Waals surface area contributed by atoms with Crippen LogP contribution < -0.4 is 5.48 Å². The Kier molecular flexibility index (Phi) is 4.76. The van der Waals surface area contributed by atoms with Gasteiger partial charge in [-0.25, -0.2) is 10.3 Å². The molecule has 11 heavy (non-hydrogen) atoms. The Morgan fingerprint density at radius 1 is 1.64 bits per heavy atom. The lowest BCUT2D eigenvalue weighted by Crippen LogP contribution is -2.25. The molecule has 0 radical (unpaired) electrons. The molecule has 0 rings (SSSR count). The Labute approximate surface area is 63.6 Å². The fraction of sp³-hybridized carbons (Fsp3) is 0.333. The highest BCUT2D eigenvalue weighted by Crippen LogP contribution is 1.79. The van der Waals surface area contributed by atoms with Gasteiger partial charge < -0.3 is 5.11 Å². The summed E-state index contributed by atoms with van der Waals surface area (Å²) in [6, 6.07) is 0. The highest BCUT2D eigenvalue weighted by molar-refractivity contribution is 5.76. The fourth-order valence-corrected chi connectivity index (χ4v) is 0.351. The number of hydroxylamine groups is 1. The Bertz CT molecular complexity index is 166. The highest BCUT2D eigenvalue weighted by atomic mass is 16.7. The van der Waals surface area contributed by atoms with E-state index in [1.165, 1.54) is 6.08 Å². The van der Waals surface area contributed by atoms with Gasteiger partial charge in [0.15, 0.2) is 6.61 Å². The molecule has 62 valence electrons. The van der Waals surface area contributed by atoms with E-state index in [0.29, 0.717) is 0 Å². The lowest BCUT2D eigenvalue weighted by Gasteiger charge is -1.99. The van der Waals surface area contributed by atoms with E-state index in [2.05, 4.69) is 11.4 Å². The smallest absolute Gasteiger partial charge is 0.332 e. The van der Waals surface area contributed by atoms with E-state index in [1.54, 1.807) is 0 Å². The summed E-state index contributed by atoms with van der Waals surface area (Å²) in [7, 11) is 0. The van der Waals surface area contributed by atoms with Crippen molar-refractivity contribution in [3.8, 4) is 0 Å². The van der Waals surface area contributed by atoms with Gasteiger partial charge in [-0.2, -0.15) is 0 Å². The normalized spacial score (nSPS) is 8.73. The van der Waals surface area contributed by atoms with Crippen molar-refractivity contribution in [3.63, 3.8) is 0 Å². The van der Waals surface area contributed by atoms with Crippen molar-refractivity contribution in [3.05, 3.63) is 12.7 Å². The predicted molar refractivity (Wildman–Crippen MR) is 36.5 cm³/mol. The first-order valence-electron chi connectivity index (χ1n) is 2.90. The summed E-state index contributed by atoms with van der Waals surface area (Å²) < 4.78 is 0. The van der Waals surface area contributed by atoms with Crippen LogP contribution in [0.4, 0.5) is 0 Å². The van der Waals surface area contributed by atoms with Gasteiger partial charge in [0.05, 0.1) is 0 Å². The minimum atomic E-state index is -1.14. The standard InChI is InChI=1S/C6H9NO4/c1-2-3-5(8)7-11-4-6(9)10/h2H,1,3-4H2,(H,7,8)(H,9,10). The third kappa shape index (κ3) is 6.53. The SMILES string of the molecule is C=CCC(=O)NOCC(=O)O. The average molecular weight is 159 g/mol. The van der Waals surface area contributed by atoms with Gasteiger partial charge in [-0.1, -0.05) is 6.08 Å². The quantitative estimate of drug-likeness (QED) is 0.426. The molecule has 0 saturated heterocycles. The minimum absolute atomic E-state index is 0.111. The number of amides is 1. The molecule has 0 fully saturated rings. The Morgan fingerprint density at radius 2 is 2.27 bits per heavy atom. The number of carbonyl (C=O) groups is 2. The number of carboxylic acids is 1. The number of aliphatic carboxylic acids is 1. The lowest BCUT2D eigenvalue weighted by atomic mass is 10.4. The molecule has 1 amide bonds. The van der Waals surface area contributed by atoms with Crippen molar-refractivity contribution in [1.82, 2.24) is 5.48 Å². The number of nitrogens with one attached hydrogen (secondary N) is 1. The maximum atomic E-state index is 10.5. The Morgan fingerprint density at radius 3 is 2.73 bits per heavy atom. The van der Waals surface area contributed by atoms with Gasteiger partial charge in [0.1, 0.15) is 0 Å². The van der Waals surface area contributed by atoms with Gasteiger partial charge in [0, 0.05) is 6.42 Å². The molecular weight excluding hydrogens is 150 g/mol. The first-order chi connectivity index (χ1) is 5.16. The zero-order valence-corrected chi connectivity index (χ0v) is 5.87. The van der Waals surface area contributed by atoms with Crippen LogP contribution in [0, 0.1) is 0 Å². The molecule has 0 spiro atoms. The van der Waals surface area contributed by atoms with Crippen molar-refractivity contribution >= 4 is 11.9 Å². The molecule has 0 aliphatic carbocycles. The van der Waals surface area contributed by atoms with Gasteiger partial charge in [-0.15, -0.1) is 6.58 Å². The zero-order valence-electron chi connectivity index (χ0n) is 5.87. The largest absolute Gasteiger partial charge is 0.479 e. The van der Waals surface area contributed by atoms with Crippen LogP contribution in [0.25, 0.3) is 0 Å². The van der Waals surface area contributed by atoms with Crippen LogP contribution in [-0.4, -0.2) is 23.6 Å². The van der Waals surface area contributed by atoms with E-state index in [0.717, 1.165) is 0 Å². The minimum Gasteiger partial charge on any atom is -0.479 e. The van der Waals surface area contributed by atoms with Crippen molar-refractivity contribution in [2.24, 2.45) is 0 Å². The molecule has 0 aliphatic heterocycles. The maximum Gasteiger partial charge on any atom is 0.332 e. The van der Waals surface area contributed by atoms with Crippen LogP contribution in [0.2, 0.25) is 0 Å². The van der Waals surface area contributed by atoms with Crippen LogP contribution in [0.3, 0.4) is 0 Å². The molecule has 0 unspecified atom stereocenters. The Balaban J connectivity index is 3.31. The van der Waals surface area contributed by atoms with Crippen LogP contribution in [-0.2, 0) is 14.4 Å². The van der Waals surface area contributed by atoms with Crippen LogP contribution in [0.15, 0.2) is 12.7 Å². The predicted octanol–water partition coefficient (Wildman–Crippen LogP) is -0.305. The highest BCUT2D eigenvalue weighted by Gasteiger charge is 1.99. The summed E-state index contributed by atoms with van der Waals surface area (Å²) in [4.78, 5) is 24.6. The molecule has 0 aromatic carbocycles. The van der Waals surface area contributed by atoms with Crippen LogP contribution >= 0.6 is 0 Å².